The van der Waals surface area contributed by atoms with Gasteiger partial charge in [0.15, 0.2) is 0 Å². The minimum Gasteiger partial charge on any atom is -0.459 e. The van der Waals surface area contributed by atoms with E-state index in [1.165, 1.54) is 0 Å². The summed E-state index contributed by atoms with van der Waals surface area (Å²) < 4.78 is 5.80. The van der Waals surface area contributed by atoms with Crippen molar-refractivity contribution < 1.29 is 4.42 Å². The maximum absolute atomic E-state index is 11.9. The maximum atomic E-state index is 11.9. The normalized spacial score (nSPS) is 12.4. The van der Waals surface area contributed by atoms with Crippen molar-refractivity contribution in [3.8, 4) is 0 Å². The number of anilines is 3. The highest BCUT2D eigenvalue weighted by atomic mass is 16.3. The molecule has 0 aliphatic carbocycles. The Morgan fingerprint density at radius 1 is 1.00 bits per heavy atom. The van der Waals surface area contributed by atoms with Gasteiger partial charge in [-0.05, 0) is 31.2 Å². The third-order valence-corrected chi connectivity index (χ3v) is 4.09. The largest absolute Gasteiger partial charge is 0.459 e. The predicted octanol–water partition coefficient (Wildman–Crippen LogP) is 3.34. The lowest BCUT2D eigenvalue weighted by Crippen LogP contribution is -2.37. The molecule has 124 valence electrons. The highest BCUT2D eigenvalue weighted by Gasteiger charge is 2.23. The van der Waals surface area contributed by atoms with E-state index in [9.17, 15) is 9.59 Å². The molecule has 2 aromatic carbocycles. The van der Waals surface area contributed by atoms with Gasteiger partial charge in [0, 0.05) is 23.5 Å². The van der Waals surface area contributed by atoms with Crippen LogP contribution in [0.25, 0.3) is 11.0 Å². The average molecular weight is 333 g/mol. The molecule has 4 rings (SSSR count). The topological polar surface area (TPSA) is 84.2 Å². The van der Waals surface area contributed by atoms with Gasteiger partial charge in [-0.25, -0.2) is 0 Å². The van der Waals surface area contributed by atoms with Gasteiger partial charge in [-0.15, -0.1) is 0 Å². The van der Waals surface area contributed by atoms with Gasteiger partial charge in [-0.3, -0.25) is 14.6 Å². The molecule has 2 heterocycles. The maximum Gasteiger partial charge on any atom is 0.253 e. The second-order valence-corrected chi connectivity index (χ2v) is 5.82. The SMILES string of the molecule is CC(Nc1c(Nc2ccncc2)c(=O)c1=O)c1cc2ccccc2o1. The molecular formula is C19H15N3O3. The molecule has 0 saturated carbocycles. The van der Waals surface area contributed by atoms with Crippen molar-refractivity contribution in [3.05, 3.63) is 81.1 Å². The molecule has 4 aromatic rings. The lowest BCUT2D eigenvalue weighted by Gasteiger charge is -2.18. The minimum atomic E-state index is -0.531. The monoisotopic (exact) mass is 333 g/mol. The van der Waals surface area contributed by atoms with E-state index in [4.69, 9.17) is 4.42 Å². The molecule has 0 aliphatic rings. The van der Waals surface area contributed by atoms with Gasteiger partial charge in [0.05, 0.1) is 6.04 Å². The molecule has 2 N–H and O–H groups in total. The predicted molar refractivity (Wildman–Crippen MR) is 97.1 cm³/mol. The summed E-state index contributed by atoms with van der Waals surface area (Å²) in [4.78, 5) is 27.8. The summed E-state index contributed by atoms with van der Waals surface area (Å²) in [6.45, 7) is 1.88. The van der Waals surface area contributed by atoms with Gasteiger partial charge in [-0.2, -0.15) is 0 Å². The quantitative estimate of drug-likeness (QED) is 0.545. The Bertz CT molecular complexity index is 1080. The van der Waals surface area contributed by atoms with Gasteiger partial charge in [-0.1, -0.05) is 18.2 Å². The number of benzene rings is 1. The number of pyridine rings is 1. The van der Waals surface area contributed by atoms with Gasteiger partial charge >= 0.3 is 0 Å². The first-order valence-corrected chi connectivity index (χ1v) is 7.89. The van der Waals surface area contributed by atoms with Gasteiger partial charge < -0.3 is 15.1 Å². The minimum absolute atomic E-state index is 0.256. The molecule has 0 saturated heterocycles. The highest BCUT2D eigenvalue weighted by Crippen LogP contribution is 2.28. The van der Waals surface area contributed by atoms with Crippen molar-refractivity contribution in [1.82, 2.24) is 4.98 Å². The molecule has 1 atom stereocenters. The van der Waals surface area contributed by atoms with Crippen LogP contribution in [0.2, 0.25) is 0 Å². The standard InChI is InChI=1S/C19H15N3O3/c1-11(15-10-12-4-2-3-5-14(12)25-15)21-16-17(19(24)18(16)23)22-13-6-8-20-9-7-13/h2-11,21H,1H3,(H,20,22). The molecule has 0 radical (unpaired) electrons. The van der Waals surface area contributed by atoms with Crippen molar-refractivity contribution in [3.63, 3.8) is 0 Å². The fourth-order valence-electron chi connectivity index (χ4n) is 2.73. The van der Waals surface area contributed by atoms with E-state index < -0.39 is 10.9 Å². The molecule has 0 bridgehead atoms. The molecule has 0 aliphatic heterocycles. The van der Waals surface area contributed by atoms with Crippen LogP contribution in [-0.2, 0) is 0 Å². The average Bonchev–Trinajstić information content (AvgIpc) is 3.09. The van der Waals surface area contributed by atoms with Gasteiger partial charge in [0.25, 0.3) is 10.9 Å². The number of fused-ring (bicyclic) bond motifs is 1. The number of rotatable bonds is 5. The lowest BCUT2D eigenvalue weighted by atomic mass is 10.1. The number of para-hydroxylation sites is 1. The van der Waals surface area contributed by atoms with Crippen LogP contribution in [0.15, 0.2) is 68.9 Å². The zero-order chi connectivity index (χ0) is 17.4. The van der Waals surface area contributed by atoms with Crippen LogP contribution in [0.3, 0.4) is 0 Å². The van der Waals surface area contributed by atoms with Crippen LogP contribution in [0.5, 0.6) is 0 Å². The smallest absolute Gasteiger partial charge is 0.253 e. The number of hydrogen-bond acceptors (Lipinski definition) is 6. The fourth-order valence-corrected chi connectivity index (χ4v) is 2.73. The second-order valence-electron chi connectivity index (χ2n) is 5.82. The van der Waals surface area contributed by atoms with Crippen molar-refractivity contribution in [2.75, 3.05) is 10.6 Å². The number of nitrogens with one attached hydrogen (secondary N) is 2. The molecule has 1 unspecified atom stereocenters. The van der Waals surface area contributed by atoms with Crippen LogP contribution in [-0.4, -0.2) is 4.98 Å². The molecule has 6 heteroatoms. The molecule has 0 fully saturated rings. The zero-order valence-corrected chi connectivity index (χ0v) is 13.4. The van der Waals surface area contributed by atoms with Gasteiger partial charge in [0.1, 0.15) is 22.7 Å². The van der Waals surface area contributed by atoms with E-state index in [-0.39, 0.29) is 17.4 Å². The zero-order valence-electron chi connectivity index (χ0n) is 13.4. The van der Waals surface area contributed by atoms with Crippen molar-refractivity contribution >= 4 is 28.0 Å². The van der Waals surface area contributed by atoms with Crippen LogP contribution in [0.4, 0.5) is 17.1 Å². The summed E-state index contributed by atoms with van der Waals surface area (Å²) in [5, 5.41) is 7.04. The molecule has 6 nitrogen and oxygen atoms in total. The first kappa shape index (κ1) is 15.1. The Morgan fingerprint density at radius 3 is 2.48 bits per heavy atom. The number of hydrogen-bond donors (Lipinski definition) is 2. The molecular weight excluding hydrogens is 318 g/mol. The molecule has 0 amide bonds. The number of furan rings is 1. The Kier molecular flexibility index (Phi) is 3.57. The number of aromatic nitrogens is 1. The summed E-state index contributed by atoms with van der Waals surface area (Å²) in [7, 11) is 0. The van der Waals surface area contributed by atoms with Crippen molar-refractivity contribution in [1.29, 1.82) is 0 Å². The van der Waals surface area contributed by atoms with Crippen molar-refractivity contribution in [2.45, 2.75) is 13.0 Å². The second kappa shape index (κ2) is 5.90. The Hall–Kier alpha value is -3.41. The molecule has 25 heavy (non-hydrogen) atoms. The highest BCUT2D eigenvalue weighted by molar-refractivity contribution is 5.80. The van der Waals surface area contributed by atoms with E-state index >= 15 is 0 Å². The van der Waals surface area contributed by atoms with Crippen LogP contribution in [0.1, 0.15) is 18.7 Å². The summed E-state index contributed by atoms with van der Waals surface area (Å²) in [6, 6.07) is 12.8. The van der Waals surface area contributed by atoms with E-state index in [0.717, 1.165) is 11.0 Å². The Morgan fingerprint density at radius 2 is 1.72 bits per heavy atom. The van der Waals surface area contributed by atoms with Crippen LogP contribution >= 0.6 is 0 Å². The first-order chi connectivity index (χ1) is 12.1. The molecule has 0 spiro atoms. The van der Waals surface area contributed by atoms with Gasteiger partial charge in [0.2, 0.25) is 0 Å². The van der Waals surface area contributed by atoms with Crippen LogP contribution < -0.4 is 21.5 Å². The summed E-state index contributed by atoms with van der Waals surface area (Å²) in [5.41, 5.74) is 0.956. The van der Waals surface area contributed by atoms with E-state index in [0.29, 0.717) is 11.4 Å². The summed E-state index contributed by atoms with van der Waals surface area (Å²) in [6.07, 6.45) is 3.22. The summed E-state index contributed by atoms with van der Waals surface area (Å²) >= 11 is 0. The third kappa shape index (κ3) is 2.67. The lowest BCUT2D eigenvalue weighted by molar-refractivity contribution is 0.526. The summed E-state index contributed by atoms with van der Waals surface area (Å²) in [5.74, 6) is 0.698. The van der Waals surface area contributed by atoms with E-state index in [1.807, 2.05) is 37.3 Å². The Balaban J connectivity index is 1.59. The third-order valence-electron chi connectivity index (χ3n) is 4.09. The van der Waals surface area contributed by atoms with E-state index in [2.05, 4.69) is 15.6 Å². The van der Waals surface area contributed by atoms with Crippen molar-refractivity contribution in [2.24, 2.45) is 0 Å². The van der Waals surface area contributed by atoms with Crippen LogP contribution in [0, 0.1) is 0 Å². The van der Waals surface area contributed by atoms with E-state index in [1.54, 1.807) is 24.5 Å². The first-order valence-electron chi connectivity index (χ1n) is 7.89. The Labute approximate surface area is 142 Å². The number of nitrogens with zero attached hydrogens (tertiary/aromatic N) is 1. The fraction of sp³-hybridized carbons (Fsp3) is 0.105. The molecule has 2 aromatic heterocycles.